The molecule has 4 rings (SSSR count). The Morgan fingerprint density at radius 1 is 1.20 bits per heavy atom. The molecule has 0 aliphatic carbocycles. The molecule has 1 aliphatic heterocycles. The molecular weight excluding hydrogens is 312 g/mol. The summed E-state index contributed by atoms with van der Waals surface area (Å²) in [6.07, 6.45) is 5.76. The Morgan fingerprint density at radius 2 is 2.00 bits per heavy atom. The second-order valence-electron chi connectivity index (χ2n) is 6.35. The van der Waals surface area contributed by atoms with E-state index in [1.54, 1.807) is 0 Å². The lowest BCUT2D eigenvalue weighted by Gasteiger charge is -2.15. The number of fused-ring (bicyclic) bond motifs is 1. The van der Waals surface area contributed by atoms with E-state index in [-0.39, 0.29) is 5.56 Å². The van der Waals surface area contributed by atoms with Crippen molar-refractivity contribution < 1.29 is 0 Å². The van der Waals surface area contributed by atoms with Crippen LogP contribution in [0.25, 0.3) is 11.0 Å². The van der Waals surface area contributed by atoms with E-state index < -0.39 is 0 Å². The summed E-state index contributed by atoms with van der Waals surface area (Å²) in [5, 5.41) is 0. The fourth-order valence-corrected chi connectivity index (χ4v) is 3.54. The van der Waals surface area contributed by atoms with Crippen molar-refractivity contribution in [1.29, 1.82) is 0 Å². The summed E-state index contributed by atoms with van der Waals surface area (Å²) < 4.78 is 0. The summed E-state index contributed by atoms with van der Waals surface area (Å²) in [5.41, 5.74) is 3.78. The Labute approximate surface area is 148 Å². The van der Waals surface area contributed by atoms with Gasteiger partial charge in [-0.3, -0.25) is 9.69 Å². The number of benzene rings is 1. The number of H-pyrrole nitrogens is 2. The van der Waals surface area contributed by atoms with Crippen molar-refractivity contribution in [3.05, 3.63) is 64.3 Å². The van der Waals surface area contributed by atoms with E-state index in [2.05, 4.69) is 50.2 Å². The summed E-state index contributed by atoms with van der Waals surface area (Å²) in [7, 11) is 0. The van der Waals surface area contributed by atoms with Crippen molar-refractivity contribution in [2.24, 2.45) is 5.92 Å². The van der Waals surface area contributed by atoms with Gasteiger partial charge in [0.15, 0.2) is 0 Å². The van der Waals surface area contributed by atoms with E-state index in [0.29, 0.717) is 11.4 Å². The van der Waals surface area contributed by atoms with Gasteiger partial charge in [-0.05, 0) is 30.9 Å². The molecule has 1 aromatic carbocycles. The van der Waals surface area contributed by atoms with E-state index in [1.807, 2.05) is 20.0 Å². The van der Waals surface area contributed by atoms with Crippen LogP contribution in [0, 0.1) is 5.92 Å². The predicted molar refractivity (Wildman–Crippen MR) is 102 cm³/mol. The summed E-state index contributed by atoms with van der Waals surface area (Å²) >= 11 is 0. The smallest absolute Gasteiger partial charge is 0.275 e. The maximum Gasteiger partial charge on any atom is 0.275 e. The lowest BCUT2D eigenvalue weighted by molar-refractivity contribution is 0.317. The zero-order valence-corrected chi connectivity index (χ0v) is 15.0. The Bertz CT molecular complexity index is 853. The van der Waals surface area contributed by atoms with E-state index in [4.69, 9.17) is 0 Å². The molecule has 1 atom stereocenters. The van der Waals surface area contributed by atoms with Gasteiger partial charge in [-0.2, -0.15) is 0 Å². The van der Waals surface area contributed by atoms with Gasteiger partial charge in [0.05, 0.1) is 11.8 Å². The molecule has 0 unspecified atom stereocenters. The number of hydrogen-bond donors (Lipinski definition) is 2. The molecule has 0 saturated carbocycles. The van der Waals surface area contributed by atoms with Crippen molar-refractivity contribution in [2.45, 2.75) is 33.2 Å². The predicted octanol–water partition coefficient (Wildman–Crippen LogP) is 3.34. The number of nitrogens with one attached hydrogen (secondary N) is 2. The average Bonchev–Trinajstić information content (AvgIpc) is 3.26. The Balaban J connectivity index is 0.000000880. The minimum atomic E-state index is -0.107. The normalized spacial score (nSPS) is 17.4. The van der Waals surface area contributed by atoms with E-state index in [0.717, 1.165) is 37.1 Å². The molecule has 0 bridgehead atoms. The van der Waals surface area contributed by atoms with Gasteiger partial charge in [0.1, 0.15) is 5.52 Å². The summed E-state index contributed by atoms with van der Waals surface area (Å²) in [6, 6.07) is 10.7. The Morgan fingerprint density at radius 3 is 2.80 bits per heavy atom. The van der Waals surface area contributed by atoms with Crippen molar-refractivity contribution in [2.75, 3.05) is 13.1 Å². The van der Waals surface area contributed by atoms with Gasteiger partial charge in [-0.25, -0.2) is 4.98 Å². The van der Waals surface area contributed by atoms with Crippen molar-refractivity contribution in [1.82, 2.24) is 19.9 Å². The highest BCUT2D eigenvalue weighted by Gasteiger charge is 2.23. The van der Waals surface area contributed by atoms with Crippen LogP contribution in [0.15, 0.2) is 47.7 Å². The molecule has 2 N–H and O–H groups in total. The monoisotopic (exact) mass is 338 g/mol. The number of nitrogens with zero attached hydrogens (tertiary/aromatic N) is 2. The third-order valence-corrected chi connectivity index (χ3v) is 4.68. The van der Waals surface area contributed by atoms with Crippen LogP contribution in [0.4, 0.5) is 0 Å². The molecule has 0 amide bonds. The highest BCUT2D eigenvalue weighted by Crippen LogP contribution is 2.23. The summed E-state index contributed by atoms with van der Waals surface area (Å²) in [6.45, 7) is 7.06. The number of likely N-dealkylation sites (tertiary alicyclic amines) is 1. The van der Waals surface area contributed by atoms with Gasteiger partial charge in [0, 0.05) is 24.8 Å². The minimum absolute atomic E-state index is 0.107. The van der Waals surface area contributed by atoms with Crippen LogP contribution in [-0.4, -0.2) is 32.9 Å². The quantitative estimate of drug-likeness (QED) is 0.767. The molecule has 0 radical (unpaired) electrons. The Hall–Kier alpha value is -2.40. The number of rotatable bonds is 4. The van der Waals surface area contributed by atoms with Crippen molar-refractivity contribution in [3.63, 3.8) is 0 Å². The first-order chi connectivity index (χ1) is 12.3. The lowest BCUT2D eigenvalue weighted by Crippen LogP contribution is -2.20. The highest BCUT2D eigenvalue weighted by molar-refractivity contribution is 5.77. The standard InChI is InChI=1S/C18H20N4O.C2H6/c23-18-17-16(20-12-21-18)15(9-19-17)11-22-7-6-14(10-22)8-13-4-2-1-3-5-13;1-2/h1-5,9,12,14,19H,6-8,10-11H2,(H,20,21,23);1-2H3/t14-;/m0./s1. The van der Waals surface area contributed by atoms with Crippen LogP contribution in [0.5, 0.6) is 0 Å². The molecule has 1 saturated heterocycles. The van der Waals surface area contributed by atoms with Crippen LogP contribution in [0.3, 0.4) is 0 Å². The van der Waals surface area contributed by atoms with Crippen LogP contribution in [0.2, 0.25) is 0 Å². The first kappa shape index (κ1) is 17.4. The molecule has 25 heavy (non-hydrogen) atoms. The molecule has 5 heteroatoms. The van der Waals surface area contributed by atoms with Crippen LogP contribution >= 0.6 is 0 Å². The zero-order chi connectivity index (χ0) is 17.6. The topological polar surface area (TPSA) is 64.8 Å². The van der Waals surface area contributed by atoms with E-state index in [1.165, 1.54) is 18.3 Å². The third kappa shape index (κ3) is 3.99. The highest BCUT2D eigenvalue weighted by atomic mass is 16.1. The second kappa shape index (κ2) is 8.12. The second-order valence-corrected chi connectivity index (χ2v) is 6.35. The van der Waals surface area contributed by atoms with Gasteiger partial charge in [-0.1, -0.05) is 44.2 Å². The fourth-order valence-electron chi connectivity index (χ4n) is 3.54. The largest absolute Gasteiger partial charge is 0.355 e. The Kier molecular flexibility index (Phi) is 5.66. The molecule has 3 aromatic rings. The van der Waals surface area contributed by atoms with Crippen molar-refractivity contribution >= 4 is 11.0 Å². The molecule has 1 aliphatic rings. The van der Waals surface area contributed by atoms with Gasteiger partial charge in [0.25, 0.3) is 5.56 Å². The first-order valence-electron chi connectivity index (χ1n) is 9.09. The molecule has 5 nitrogen and oxygen atoms in total. The summed E-state index contributed by atoms with van der Waals surface area (Å²) in [4.78, 5) is 24.2. The van der Waals surface area contributed by atoms with Gasteiger partial charge in [-0.15, -0.1) is 0 Å². The minimum Gasteiger partial charge on any atom is -0.355 e. The van der Waals surface area contributed by atoms with Gasteiger partial charge < -0.3 is 9.97 Å². The zero-order valence-electron chi connectivity index (χ0n) is 15.0. The first-order valence-corrected chi connectivity index (χ1v) is 9.09. The summed E-state index contributed by atoms with van der Waals surface area (Å²) in [5.74, 6) is 0.707. The fraction of sp³-hybridized carbons (Fsp3) is 0.400. The van der Waals surface area contributed by atoms with Crippen LogP contribution < -0.4 is 5.56 Å². The molecule has 2 aromatic heterocycles. The van der Waals surface area contributed by atoms with E-state index in [9.17, 15) is 4.79 Å². The van der Waals surface area contributed by atoms with Crippen LogP contribution in [-0.2, 0) is 13.0 Å². The number of hydrogen-bond acceptors (Lipinski definition) is 3. The molecule has 3 heterocycles. The van der Waals surface area contributed by atoms with Crippen molar-refractivity contribution in [3.8, 4) is 0 Å². The maximum atomic E-state index is 11.7. The maximum absolute atomic E-state index is 11.7. The number of aromatic amines is 2. The lowest BCUT2D eigenvalue weighted by atomic mass is 9.99. The molecule has 132 valence electrons. The SMILES string of the molecule is CC.O=c1[nH]cnc2c(CN3CC[C@@H](Cc4ccccc4)C3)c[nH]c12. The van der Waals surface area contributed by atoms with Gasteiger partial charge in [0.2, 0.25) is 0 Å². The molecule has 0 spiro atoms. The molecular formula is C20H26N4O. The van der Waals surface area contributed by atoms with Gasteiger partial charge >= 0.3 is 0 Å². The third-order valence-electron chi connectivity index (χ3n) is 4.68. The van der Waals surface area contributed by atoms with Crippen LogP contribution in [0.1, 0.15) is 31.4 Å². The molecule has 1 fully saturated rings. The van der Waals surface area contributed by atoms with E-state index >= 15 is 0 Å². The average molecular weight is 338 g/mol. The number of aromatic nitrogens is 3.